The van der Waals surface area contributed by atoms with E-state index < -0.39 is 0 Å². The van der Waals surface area contributed by atoms with Crippen LogP contribution in [-0.2, 0) is 13.1 Å². The Morgan fingerprint density at radius 3 is 3.00 bits per heavy atom. The van der Waals surface area contributed by atoms with Crippen molar-refractivity contribution in [1.29, 1.82) is 0 Å². The molecule has 2 aromatic heterocycles. The highest BCUT2D eigenvalue weighted by Crippen LogP contribution is 2.25. The van der Waals surface area contributed by atoms with Crippen LogP contribution in [0.15, 0.2) is 34.3 Å². The Bertz CT molecular complexity index is 492. The van der Waals surface area contributed by atoms with Gasteiger partial charge < -0.3 is 9.73 Å². The Labute approximate surface area is 125 Å². The van der Waals surface area contributed by atoms with Gasteiger partial charge in [0.25, 0.3) is 0 Å². The van der Waals surface area contributed by atoms with E-state index in [1.54, 1.807) is 11.3 Å². The third kappa shape index (κ3) is 4.20. The largest absolute Gasteiger partial charge is 0.468 e. The predicted octanol–water partition coefficient (Wildman–Crippen LogP) is 4.03. The second kappa shape index (κ2) is 7.62. The molecule has 1 unspecified atom stereocenters. The fourth-order valence-corrected chi connectivity index (χ4v) is 2.99. The average molecular weight is 292 g/mol. The average Bonchev–Trinajstić information content (AvgIpc) is 3.09. The summed E-state index contributed by atoms with van der Waals surface area (Å²) in [5.41, 5.74) is 1.23. The Hall–Kier alpha value is -1.10. The first-order chi connectivity index (χ1) is 9.70. The van der Waals surface area contributed by atoms with Gasteiger partial charge in [-0.25, -0.2) is 0 Å². The molecule has 0 aliphatic carbocycles. The van der Waals surface area contributed by atoms with Gasteiger partial charge in [-0.1, -0.05) is 13.0 Å². The molecule has 0 aliphatic heterocycles. The molecule has 2 aromatic rings. The maximum atomic E-state index is 5.66. The van der Waals surface area contributed by atoms with E-state index in [0.29, 0.717) is 6.04 Å². The highest BCUT2D eigenvalue weighted by Gasteiger charge is 2.14. The highest BCUT2D eigenvalue weighted by molar-refractivity contribution is 7.10. The van der Waals surface area contributed by atoms with Gasteiger partial charge in [0.1, 0.15) is 5.76 Å². The van der Waals surface area contributed by atoms with Gasteiger partial charge in [-0.05, 0) is 44.4 Å². The van der Waals surface area contributed by atoms with E-state index in [1.165, 1.54) is 10.4 Å². The number of thiophene rings is 1. The first kappa shape index (κ1) is 15.3. The summed E-state index contributed by atoms with van der Waals surface area (Å²) in [5, 5.41) is 5.52. The van der Waals surface area contributed by atoms with E-state index in [0.717, 1.165) is 31.8 Å². The van der Waals surface area contributed by atoms with E-state index in [1.807, 2.05) is 6.26 Å². The lowest BCUT2D eigenvalue weighted by Gasteiger charge is -2.22. The number of rotatable bonds is 8. The molecule has 0 fully saturated rings. The number of hydrogen-bond donors (Lipinski definition) is 1. The van der Waals surface area contributed by atoms with Crippen LogP contribution in [0.1, 0.15) is 42.5 Å². The van der Waals surface area contributed by atoms with Crippen molar-refractivity contribution in [3.05, 3.63) is 46.0 Å². The molecule has 2 heterocycles. The van der Waals surface area contributed by atoms with Gasteiger partial charge in [0.05, 0.1) is 12.8 Å². The molecular weight excluding hydrogens is 268 g/mol. The molecule has 1 N–H and O–H groups in total. The van der Waals surface area contributed by atoms with Crippen LogP contribution in [0.2, 0.25) is 0 Å². The summed E-state index contributed by atoms with van der Waals surface area (Å²) in [5.74, 6) is 1.03. The van der Waals surface area contributed by atoms with Crippen molar-refractivity contribution in [3.8, 4) is 0 Å². The first-order valence-electron chi connectivity index (χ1n) is 7.21. The van der Waals surface area contributed by atoms with Gasteiger partial charge >= 0.3 is 0 Å². The van der Waals surface area contributed by atoms with Crippen LogP contribution in [0.3, 0.4) is 0 Å². The lowest BCUT2D eigenvalue weighted by Crippen LogP contribution is -2.20. The molecule has 20 heavy (non-hydrogen) atoms. The van der Waals surface area contributed by atoms with Gasteiger partial charge in [-0.2, -0.15) is 0 Å². The summed E-state index contributed by atoms with van der Waals surface area (Å²) in [6, 6.07) is 6.87. The summed E-state index contributed by atoms with van der Waals surface area (Å²) in [4.78, 5) is 3.71. The molecule has 0 bridgehead atoms. The minimum Gasteiger partial charge on any atom is -0.468 e. The Morgan fingerprint density at radius 2 is 2.30 bits per heavy atom. The van der Waals surface area contributed by atoms with Crippen LogP contribution in [0.4, 0.5) is 0 Å². The quantitative estimate of drug-likeness (QED) is 0.745. The Morgan fingerprint density at radius 1 is 1.45 bits per heavy atom. The van der Waals surface area contributed by atoms with E-state index in [9.17, 15) is 0 Å². The summed E-state index contributed by atoms with van der Waals surface area (Å²) >= 11 is 1.81. The maximum Gasteiger partial charge on any atom is 0.118 e. The van der Waals surface area contributed by atoms with Gasteiger partial charge in [0.2, 0.25) is 0 Å². The summed E-state index contributed by atoms with van der Waals surface area (Å²) in [7, 11) is 2.14. The van der Waals surface area contributed by atoms with E-state index in [-0.39, 0.29) is 0 Å². The molecule has 3 nitrogen and oxygen atoms in total. The van der Waals surface area contributed by atoms with Crippen molar-refractivity contribution in [3.63, 3.8) is 0 Å². The van der Waals surface area contributed by atoms with Gasteiger partial charge in [-0.3, -0.25) is 4.90 Å². The van der Waals surface area contributed by atoms with Gasteiger partial charge in [0.15, 0.2) is 0 Å². The highest BCUT2D eigenvalue weighted by atomic mass is 32.1. The van der Waals surface area contributed by atoms with Crippen molar-refractivity contribution < 1.29 is 4.42 Å². The molecule has 0 saturated carbocycles. The van der Waals surface area contributed by atoms with Gasteiger partial charge in [-0.15, -0.1) is 11.3 Å². The Balaban J connectivity index is 1.86. The van der Waals surface area contributed by atoms with Gasteiger partial charge in [0, 0.05) is 23.0 Å². The molecule has 0 amide bonds. The minimum atomic E-state index is 0.418. The molecule has 4 heteroatoms. The molecule has 1 atom stereocenters. The summed E-state index contributed by atoms with van der Waals surface area (Å²) in [6.45, 7) is 7.19. The van der Waals surface area contributed by atoms with Crippen LogP contribution in [0.5, 0.6) is 0 Å². The zero-order valence-electron chi connectivity index (χ0n) is 12.6. The molecule has 2 rings (SSSR count). The van der Waals surface area contributed by atoms with Crippen molar-refractivity contribution in [1.82, 2.24) is 10.2 Å². The second-order valence-electron chi connectivity index (χ2n) is 5.20. The minimum absolute atomic E-state index is 0.418. The van der Waals surface area contributed by atoms with Crippen LogP contribution in [-0.4, -0.2) is 18.5 Å². The second-order valence-corrected chi connectivity index (χ2v) is 6.18. The first-order valence-corrected chi connectivity index (χ1v) is 8.09. The normalized spacial score (nSPS) is 13.0. The monoisotopic (exact) mass is 292 g/mol. The third-order valence-corrected chi connectivity index (χ3v) is 4.53. The molecule has 0 saturated heterocycles. The zero-order chi connectivity index (χ0) is 14.4. The lowest BCUT2D eigenvalue weighted by molar-refractivity contribution is 0.235. The predicted molar refractivity (Wildman–Crippen MR) is 84.9 cm³/mol. The van der Waals surface area contributed by atoms with E-state index in [2.05, 4.69) is 54.7 Å². The smallest absolute Gasteiger partial charge is 0.118 e. The fraction of sp³-hybridized carbons (Fsp3) is 0.500. The van der Waals surface area contributed by atoms with Crippen LogP contribution in [0.25, 0.3) is 0 Å². The van der Waals surface area contributed by atoms with Crippen LogP contribution in [0, 0.1) is 0 Å². The summed E-state index contributed by atoms with van der Waals surface area (Å²) < 4.78 is 5.66. The Kier molecular flexibility index (Phi) is 5.83. The van der Waals surface area contributed by atoms with Crippen LogP contribution < -0.4 is 5.32 Å². The topological polar surface area (TPSA) is 28.4 Å². The fourth-order valence-electron chi connectivity index (χ4n) is 2.14. The molecule has 0 aromatic carbocycles. The maximum absolute atomic E-state index is 5.66. The molecule has 0 aliphatic rings. The van der Waals surface area contributed by atoms with Crippen molar-refractivity contribution >= 4 is 11.3 Å². The third-order valence-electron chi connectivity index (χ3n) is 3.49. The number of nitrogens with zero attached hydrogens (tertiary/aromatic N) is 1. The SMILES string of the molecule is CCCNCc1coc(CN(C)C(C)c2cccs2)c1. The zero-order valence-corrected chi connectivity index (χ0v) is 13.4. The molecule has 0 spiro atoms. The lowest BCUT2D eigenvalue weighted by atomic mass is 10.2. The van der Waals surface area contributed by atoms with E-state index >= 15 is 0 Å². The number of nitrogens with one attached hydrogen (secondary N) is 1. The van der Waals surface area contributed by atoms with Crippen molar-refractivity contribution in [2.24, 2.45) is 0 Å². The summed E-state index contributed by atoms with van der Waals surface area (Å²) in [6.07, 6.45) is 3.02. The van der Waals surface area contributed by atoms with Crippen molar-refractivity contribution in [2.75, 3.05) is 13.6 Å². The molecule has 110 valence electrons. The molecular formula is C16H24N2OS. The van der Waals surface area contributed by atoms with Crippen molar-refractivity contribution in [2.45, 2.75) is 39.4 Å². The number of hydrogen-bond acceptors (Lipinski definition) is 4. The number of furan rings is 1. The van der Waals surface area contributed by atoms with Crippen LogP contribution >= 0.6 is 11.3 Å². The standard InChI is InChI=1S/C16H24N2OS/c1-4-7-17-10-14-9-15(19-12-14)11-18(3)13(2)16-6-5-8-20-16/h5-6,8-9,12-13,17H,4,7,10-11H2,1-3H3. The molecule has 0 radical (unpaired) electrons. The van der Waals surface area contributed by atoms with E-state index in [4.69, 9.17) is 4.42 Å².